The number of thioether (sulfide) groups is 1. The molecule has 1 N–H and O–H groups in total. The summed E-state index contributed by atoms with van der Waals surface area (Å²) in [5.74, 6) is 1.73. The van der Waals surface area contributed by atoms with Gasteiger partial charge in [0, 0.05) is 12.6 Å². The molecule has 18 heavy (non-hydrogen) atoms. The first-order valence-corrected chi connectivity index (χ1v) is 8.20. The monoisotopic (exact) mass is 285 g/mol. The van der Waals surface area contributed by atoms with Crippen molar-refractivity contribution in [3.63, 3.8) is 0 Å². The van der Waals surface area contributed by atoms with Crippen LogP contribution in [0.4, 0.5) is 5.82 Å². The molecule has 0 spiro atoms. The van der Waals surface area contributed by atoms with Crippen LogP contribution in [-0.4, -0.2) is 22.8 Å². The highest BCUT2D eigenvalue weighted by Gasteiger charge is 2.12. The molecule has 0 aliphatic heterocycles. The summed E-state index contributed by atoms with van der Waals surface area (Å²) in [5, 5.41) is 4.59. The second-order valence-corrected chi connectivity index (χ2v) is 5.94. The summed E-state index contributed by atoms with van der Waals surface area (Å²) in [7, 11) is 0. The highest BCUT2D eigenvalue weighted by Crippen LogP contribution is 2.26. The van der Waals surface area contributed by atoms with E-state index in [0.717, 1.165) is 23.4 Å². The van der Waals surface area contributed by atoms with Gasteiger partial charge in [-0.3, -0.25) is 0 Å². The zero-order chi connectivity index (χ0) is 12.8. The fraction of sp³-hybridized carbons (Fsp3) is 0.692. The average Bonchev–Trinajstić information content (AvgIpc) is 2.39. The Kier molecular flexibility index (Phi) is 5.57. The zero-order valence-electron chi connectivity index (χ0n) is 10.8. The number of hydrogen-bond donors (Lipinski definition) is 1. The van der Waals surface area contributed by atoms with Gasteiger partial charge < -0.3 is 5.32 Å². The third-order valence-corrected chi connectivity index (χ3v) is 4.18. The Morgan fingerprint density at radius 2 is 2.11 bits per heavy atom. The Labute approximate surface area is 118 Å². The largest absolute Gasteiger partial charge is 0.370 e. The fourth-order valence-electron chi connectivity index (χ4n) is 2.46. The van der Waals surface area contributed by atoms with Crippen LogP contribution in [0.2, 0.25) is 5.15 Å². The summed E-state index contributed by atoms with van der Waals surface area (Å²) in [6.45, 7) is 0.978. The van der Waals surface area contributed by atoms with E-state index in [-0.39, 0.29) is 0 Å². The molecular formula is C13H20ClN3S. The van der Waals surface area contributed by atoms with E-state index < -0.39 is 0 Å². The lowest BCUT2D eigenvalue weighted by atomic mass is 9.87. The molecule has 1 aliphatic carbocycles. The second-order valence-electron chi connectivity index (χ2n) is 4.78. The summed E-state index contributed by atoms with van der Waals surface area (Å²) in [6.07, 6.45) is 10.2. The number of aromatic nitrogens is 2. The van der Waals surface area contributed by atoms with Crippen molar-refractivity contribution < 1.29 is 0 Å². The van der Waals surface area contributed by atoms with Crippen LogP contribution in [0.3, 0.4) is 0 Å². The minimum atomic E-state index is 0.509. The molecule has 0 unspecified atom stereocenters. The molecule has 5 heteroatoms. The van der Waals surface area contributed by atoms with E-state index >= 15 is 0 Å². The first-order chi connectivity index (χ1) is 8.78. The van der Waals surface area contributed by atoms with E-state index in [9.17, 15) is 0 Å². The van der Waals surface area contributed by atoms with Crippen molar-refractivity contribution >= 4 is 29.2 Å². The third-order valence-electron chi connectivity index (χ3n) is 3.44. The standard InChI is InChI=1S/C13H20ClN3S/c1-18-13-16-11(14)9-12(17-13)15-8-7-10-5-3-2-4-6-10/h9-10H,2-8H2,1H3,(H,15,16,17). The van der Waals surface area contributed by atoms with Gasteiger partial charge in [-0.2, -0.15) is 0 Å². The highest BCUT2D eigenvalue weighted by atomic mass is 35.5. The van der Waals surface area contributed by atoms with Gasteiger partial charge in [-0.25, -0.2) is 9.97 Å². The molecule has 0 saturated heterocycles. The van der Waals surface area contributed by atoms with Crippen molar-refractivity contribution in [2.45, 2.75) is 43.7 Å². The molecule has 1 aliphatic rings. The van der Waals surface area contributed by atoms with Crippen molar-refractivity contribution in [1.29, 1.82) is 0 Å². The van der Waals surface area contributed by atoms with E-state index in [1.807, 2.05) is 6.26 Å². The molecule has 2 rings (SSSR count). The van der Waals surface area contributed by atoms with E-state index in [2.05, 4.69) is 15.3 Å². The predicted molar refractivity (Wildman–Crippen MR) is 78.5 cm³/mol. The molecule has 0 radical (unpaired) electrons. The SMILES string of the molecule is CSc1nc(Cl)cc(NCCC2CCCCC2)n1. The number of rotatable bonds is 5. The van der Waals surface area contributed by atoms with Gasteiger partial charge in [-0.15, -0.1) is 0 Å². The van der Waals surface area contributed by atoms with Crippen molar-refractivity contribution in [3.8, 4) is 0 Å². The van der Waals surface area contributed by atoms with Crippen LogP contribution in [0.1, 0.15) is 38.5 Å². The van der Waals surface area contributed by atoms with Crippen LogP contribution in [0, 0.1) is 5.92 Å². The lowest BCUT2D eigenvalue weighted by Crippen LogP contribution is -2.13. The molecule has 1 heterocycles. The maximum atomic E-state index is 5.95. The van der Waals surface area contributed by atoms with E-state index in [1.165, 1.54) is 50.3 Å². The van der Waals surface area contributed by atoms with Crippen LogP contribution in [0.25, 0.3) is 0 Å². The molecule has 1 aromatic rings. The van der Waals surface area contributed by atoms with E-state index in [1.54, 1.807) is 6.07 Å². The average molecular weight is 286 g/mol. The van der Waals surface area contributed by atoms with Gasteiger partial charge in [0.25, 0.3) is 0 Å². The number of nitrogens with one attached hydrogen (secondary N) is 1. The van der Waals surface area contributed by atoms with Crippen LogP contribution in [0.15, 0.2) is 11.2 Å². The first-order valence-electron chi connectivity index (χ1n) is 6.60. The van der Waals surface area contributed by atoms with E-state index in [4.69, 9.17) is 11.6 Å². The summed E-state index contributed by atoms with van der Waals surface area (Å²) < 4.78 is 0. The molecule has 0 atom stereocenters. The smallest absolute Gasteiger partial charge is 0.190 e. The molecule has 1 fully saturated rings. The normalized spacial score (nSPS) is 16.8. The molecule has 0 bridgehead atoms. The van der Waals surface area contributed by atoms with Crippen molar-refractivity contribution in [3.05, 3.63) is 11.2 Å². The van der Waals surface area contributed by atoms with Gasteiger partial charge in [0.2, 0.25) is 0 Å². The minimum absolute atomic E-state index is 0.509. The van der Waals surface area contributed by atoms with Crippen LogP contribution >= 0.6 is 23.4 Å². The van der Waals surface area contributed by atoms with Crippen LogP contribution in [0.5, 0.6) is 0 Å². The molecule has 100 valence electrons. The van der Waals surface area contributed by atoms with Gasteiger partial charge >= 0.3 is 0 Å². The van der Waals surface area contributed by atoms with Gasteiger partial charge in [-0.1, -0.05) is 55.5 Å². The van der Waals surface area contributed by atoms with Gasteiger partial charge in [-0.05, 0) is 18.6 Å². The Bertz CT molecular complexity index is 380. The van der Waals surface area contributed by atoms with Crippen molar-refractivity contribution in [2.75, 3.05) is 18.1 Å². The first kappa shape index (κ1) is 13.9. The van der Waals surface area contributed by atoms with Crippen LogP contribution in [-0.2, 0) is 0 Å². The number of halogens is 1. The van der Waals surface area contributed by atoms with Crippen LogP contribution < -0.4 is 5.32 Å². The van der Waals surface area contributed by atoms with Crippen molar-refractivity contribution in [1.82, 2.24) is 9.97 Å². The predicted octanol–water partition coefficient (Wildman–Crippen LogP) is 4.23. The maximum absolute atomic E-state index is 5.95. The molecule has 0 amide bonds. The summed E-state index contributed by atoms with van der Waals surface area (Å²) in [6, 6.07) is 1.79. The molecule has 0 aromatic carbocycles. The van der Waals surface area contributed by atoms with E-state index in [0.29, 0.717) is 5.15 Å². The Morgan fingerprint density at radius 3 is 2.83 bits per heavy atom. The Hall–Kier alpha value is -0.480. The molecule has 3 nitrogen and oxygen atoms in total. The summed E-state index contributed by atoms with van der Waals surface area (Å²) in [4.78, 5) is 8.52. The number of anilines is 1. The molecule has 1 aromatic heterocycles. The minimum Gasteiger partial charge on any atom is -0.370 e. The highest BCUT2D eigenvalue weighted by molar-refractivity contribution is 7.98. The van der Waals surface area contributed by atoms with Crippen molar-refractivity contribution in [2.24, 2.45) is 5.92 Å². The fourth-order valence-corrected chi connectivity index (χ4v) is 3.07. The van der Waals surface area contributed by atoms with Gasteiger partial charge in [0.1, 0.15) is 11.0 Å². The number of nitrogens with zero attached hydrogens (tertiary/aromatic N) is 2. The topological polar surface area (TPSA) is 37.8 Å². The Morgan fingerprint density at radius 1 is 1.33 bits per heavy atom. The molecular weight excluding hydrogens is 266 g/mol. The quantitative estimate of drug-likeness (QED) is 0.499. The third kappa shape index (κ3) is 4.32. The lowest BCUT2D eigenvalue weighted by Gasteiger charge is -2.21. The van der Waals surface area contributed by atoms with Gasteiger partial charge in [0.15, 0.2) is 5.16 Å². The summed E-state index contributed by atoms with van der Waals surface area (Å²) >= 11 is 7.46. The maximum Gasteiger partial charge on any atom is 0.190 e. The second kappa shape index (κ2) is 7.19. The lowest BCUT2D eigenvalue weighted by molar-refractivity contribution is 0.345. The molecule has 1 saturated carbocycles. The number of hydrogen-bond acceptors (Lipinski definition) is 4. The summed E-state index contributed by atoms with van der Waals surface area (Å²) in [5.41, 5.74) is 0. The zero-order valence-corrected chi connectivity index (χ0v) is 12.4. The van der Waals surface area contributed by atoms with Gasteiger partial charge in [0.05, 0.1) is 0 Å². The Balaban J connectivity index is 1.80.